The summed E-state index contributed by atoms with van der Waals surface area (Å²) in [6.45, 7) is 4.00. The minimum atomic E-state index is 0.159. The summed E-state index contributed by atoms with van der Waals surface area (Å²) in [6.07, 6.45) is 6.59. The van der Waals surface area contributed by atoms with Crippen molar-refractivity contribution in [1.29, 1.82) is 0 Å². The molecule has 0 saturated carbocycles. The van der Waals surface area contributed by atoms with Gasteiger partial charge in [-0.05, 0) is 56.8 Å². The van der Waals surface area contributed by atoms with Gasteiger partial charge in [0.05, 0.1) is 6.26 Å². The molecule has 0 spiro atoms. The van der Waals surface area contributed by atoms with Crippen LogP contribution >= 0.6 is 0 Å². The molecule has 1 aromatic heterocycles. The van der Waals surface area contributed by atoms with E-state index in [1.807, 2.05) is 12.1 Å². The van der Waals surface area contributed by atoms with Gasteiger partial charge in [-0.25, -0.2) is 0 Å². The van der Waals surface area contributed by atoms with Gasteiger partial charge in [0.15, 0.2) is 0 Å². The van der Waals surface area contributed by atoms with Gasteiger partial charge in [-0.15, -0.1) is 0 Å². The normalized spacial score (nSPS) is 18.6. The zero-order chi connectivity index (χ0) is 14.8. The van der Waals surface area contributed by atoms with E-state index in [-0.39, 0.29) is 5.91 Å². The highest BCUT2D eigenvalue weighted by Gasteiger charge is 2.14. The lowest BCUT2D eigenvalue weighted by Gasteiger charge is -2.22. The lowest BCUT2D eigenvalue weighted by atomic mass is 9.94. The van der Waals surface area contributed by atoms with Crippen molar-refractivity contribution < 1.29 is 13.9 Å². The van der Waals surface area contributed by atoms with Crippen LogP contribution in [-0.4, -0.2) is 32.1 Å². The molecule has 1 aromatic rings. The Kier molecular flexibility index (Phi) is 7.32. The van der Waals surface area contributed by atoms with E-state index in [4.69, 9.17) is 9.15 Å². The number of furan rings is 1. The molecular formula is C16H26N2O3. The molecule has 0 aromatic carbocycles. The third-order valence-electron chi connectivity index (χ3n) is 3.79. The lowest BCUT2D eigenvalue weighted by molar-refractivity contribution is -0.121. The summed E-state index contributed by atoms with van der Waals surface area (Å²) in [5.41, 5.74) is 0. The lowest BCUT2D eigenvalue weighted by Crippen LogP contribution is -2.31. The number of amides is 1. The number of piperidine rings is 1. The smallest absolute Gasteiger partial charge is 0.220 e. The average Bonchev–Trinajstić information content (AvgIpc) is 3.03. The van der Waals surface area contributed by atoms with Crippen LogP contribution in [0.4, 0.5) is 0 Å². The standard InChI is InChI=1S/C16H26N2O3/c19-16(7-6-14-4-1-8-17-12-14)18-9-3-10-20-13-15-5-2-11-21-15/h2,5,11,14,17H,1,3-4,6-10,12-13H2,(H,18,19). The maximum Gasteiger partial charge on any atom is 0.220 e. The van der Waals surface area contributed by atoms with Crippen molar-refractivity contribution in [2.45, 2.75) is 38.7 Å². The minimum Gasteiger partial charge on any atom is -0.467 e. The van der Waals surface area contributed by atoms with E-state index in [0.717, 1.165) is 31.7 Å². The largest absolute Gasteiger partial charge is 0.467 e. The fourth-order valence-electron chi connectivity index (χ4n) is 2.56. The molecule has 5 nitrogen and oxygen atoms in total. The Bertz CT molecular complexity index is 386. The summed E-state index contributed by atoms with van der Waals surface area (Å²) in [5.74, 6) is 1.66. The van der Waals surface area contributed by atoms with Gasteiger partial charge >= 0.3 is 0 Å². The van der Waals surface area contributed by atoms with Gasteiger partial charge in [-0.3, -0.25) is 4.79 Å². The van der Waals surface area contributed by atoms with Gasteiger partial charge in [-0.1, -0.05) is 0 Å². The van der Waals surface area contributed by atoms with E-state index in [0.29, 0.717) is 32.1 Å². The number of rotatable bonds is 9. The van der Waals surface area contributed by atoms with Crippen LogP contribution in [-0.2, 0) is 16.1 Å². The van der Waals surface area contributed by atoms with Crippen molar-refractivity contribution in [1.82, 2.24) is 10.6 Å². The van der Waals surface area contributed by atoms with Crippen LogP contribution < -0.4 is 10.6 Å². The Hall–Kier alpha value is -1.33. The van der Waals surface area contributed by atoms with Crippen LogP contribution in [0.15, 0.2) is 22.8 Å². The van der Waals surface area contributed by atoms with Crippen LogP contribution in [0.2, 0.25) is 0 Å². The first-order chi connectivity index (χ1) is 10.3. The molecular weight excluding hydrogens is 268 g/mol. The fourth-order valence-corrected chi connectivity index (χ4v) is 2.56. The second kappa shape index (κ2) is 9.58. The van der Waals surface area contributed by atoms with Crippen LogP contribution in [0, 0.1) is 5.92 Å². The van der Waals surface area contributed by atoms with Gasteiger partial charge in [0.1, 0.15) is 12.4 Å². The molecule has 1 atom stereocenters. The molecule has 5 heteroatoms. The molecule has 0 bridgehead atoms. The van der Waals surface area contributed by atoms with E-state index in [1.54, 1.807) is 6.26 Å². The zero-order valence-corrected chi connectivity index (χ0v) is 12.6. The van der Waals surface area contributed by atoms with E-state index >= 15 is 0 Å². The highest BCUT2D eigenvalue weighted by molar-refractivity contribution is 5.75. The maximum absolute atomic E-state index is 11.7. The molecule has 1 fully saturated rings. The van der Waals surface area contributed by atoms with Gasteiger partial charge in [0.25, 0.3) is 0 Å². The molecule has 0 aliphatic carbocycles. The van der Waals surface area contributed by atoms with Crippen LogP contribution in [0.5, 0.6) is 0 Å². The number of nitrogens with one attached hydrogen (secondary N) is 2. The molecule has 1 saturated heterocycles. The molecule has 0 radical (unpaired) electrons. The third kappa shape index (κ3) is 6.78. The van der Waals surface area contributed by atoms with E-state index in [2.05, 4.69) is 10.6 Å². The summed E-state index contributed by atoms with van der Waals surface area (Å²) >= 11 is 0. The summed E-state index contributed by atoms with van der Waals surface area (Å²) in [5, 5.41) is 6.33. The zero-order valence-electron chi connectivity index (χ0n) is 12.6. The van der Waals surface area contributed by atoms with Crippen molar-refractivity contribution in [2.24, 2.45) is 5.92 Å². The van der Waals surface area contributed by atoms with Gasteiger partial charge in [0, 0.05) is 19.6 Å². The summed E-state index contributed by atoms with van der Waals surface area (Å²) in [4.78, 5) is 11.7. The van der Waals surface area contributed by atoms with Crippen LogP contribution in [0.3, 0.4) is 0 Å². The molecule has 1 amide bonds. The Balaban J connectivity index is 1.42. The van der Waals surface area contributed by atoms with E-state index < -0.39 is 0 Å². The van der Waals surface area contributed by atoms with Crippen molar-refractivity contribution in [3.05, 3.63) is 24.2 Å². The van der Waals surface area contributed by atoms with Crippen molar-refractivity contribution in [3.8, 4) is 0 Å². The number of carbonyl (C=O) groups excluding carboxylic acids is 1. The topological polar surface area (TPSA) is 63.5 Å². The summed E-state index contributed by atoms with van der Waals surface area (Å²) < 4.78 is 10.6. The Labute approximate surface area is 126 Å². The first-order valence-electron chi connectivity index (χ1n) is 7.92. The second-order valence-corrected chi connectivity index (χ2v) is 5.59. The highest BCUT2D eigenvalue weighted by atomic mass is 16.5. The number of carbonyl (C=O) groups is 1. The Morgan fingerprint density at radius 2 is 2.48 bits per heavy atom. The molecule has 2 N–H and O–H groups in total. The number of hydrogen-bond donors (Lipinski definition) is 2. The fraction of sp³-hybridized carbons (Fsp3) is 0.688. The molecule has 1 unspecified atom stereocenters. The molecule has 1 aliphatic heterocycles. The van der Waals surface area contributed by atoms with E-state index in [9.17, 15) is 4.79 Å². The summed E-state index contributed by atoms with van der Waals surface area (Å²) in [6, 6.07) is 3.74. The van der Waals surface area contributed by atoms with Crippen molar-refractivity contribution >= 4 is 5.91 Å². The Morgan fingerprint density at radius 1 is 1.52 bits per heavy atom. The van der Waals surface area contributed by atoms with E-state index in [1.165, 1.54) is 12.8 Å². The molecule has 21 heavy (non-hydrogen) atoms. The summed E-state index contributed by atoms with van der Waals surface area (Å²) in [7, 11) is 0. The van der Waals surface area contributed by atoms with Crippen LogP contribution in [0.1, 0.15) is 37.9 Å². The molecule has 118 valence electrons. The van der Waals surface area contributed by atoms with Crippen molar-refractivity contribution in [3.63, 3.8) is 0 Å². The predicted molar refractivity (Wildman–Crippen MR) is 80.8 cm³/mol. The van der Waals surface area contributed by atoms with Gasteiger partial charge in [0.2, 0.25) is 5.91 Å². The van der Waals surface area contributed by atoms with Crippen LogP contribution in [0.25, 0.3) is 0 Å². The number of hydrogen-bond acceptors (Lipinski definition) is 4. The molecule has 2 rings (SSSR count). The first-order valence-corrected chi connectivity index (χ1v) is 7.92. The predicted octanol–water partition coefficient (Wildman–Crippen LogP) is 2.08. The Morgan fingerprint density at radius 3 is 3.24 bits per heavy atom. The second-order valence-electron chi connectivity index (χ2n) is 5.59. The monoisotopic (exact) mass is 294 g/mol. The molecule has 1 aliphatic rings. The minimum absolute atomic E-state index is 0.159. The maximum atomic E-state index is 11.7. The average molecular weight is 294 g/mol. The third-order valence-corrected chi connectivity index (χ3v) is 3.79. The highest BCUT2D eigenvalue weighted by Crippen LogP contribution is 2.15. The van der Waals surface area contributed by atoms with Gasteiger partial charge < -0.3 is 19.8 Å². The first kappa shape index (κ1) is 16.0. The number of ether oxygens (including phenoxy) is 1. The van der Waals surface area contributed by atoms with Gasteiger partial charge in [-0.2, -0.15) is 0 Å². The quantitative estimate of drug-likeness (QED) is 0.685. The SMILES string of the molecule is O=C(CCC1CCCNC1)NCCCOCc1ccco1. The molecule has 2 heterocycles. The van der Waals surface area contributed by atoms with Crippen molar-refractivity contribution in [2.75, 3.05) is 26.2 Å².